The van der Waals surface area contributed by atoms with Gasteiger partial charge in [0.2, 0.25) is 0 Å². The standard InChI is InChI=1S/C13H14N2O2/c16-8-9-6-15(7-9)13(17)12-5-10-3-1-2-4-11(10)14-12/h1-5,9,14,16H,6-8H2. The van der Waals surface area contributed by atoms with Crippen molar-refractivity contribution in [3.05, 3.63) is 36.0 Å². The van der Waals surface area contributed by atoms with Gasteiger partial charge in [-0.25, -0.2) is 0 Å². The molecule has 1 aliphatic heterocycles. The lowest BCUT2D eigenvalue weighted by Crippen LogP contribution is -2.51. The Kier molecular flexibility index (Phi) is 2.37. The van der Waals surface area contributed by atoms with E-state index in [0.717, 1.165) is 10.9 Å². The van der Waals surface area contributed by atoms with Crippen LogP contribution in [-0.4, -0.2) is 40.6 Å². The van der Waals surface area contributed by atoms with E-state index in [1.54, 1.807) is 4.90 Å². The molecule has 1 aliphatic rings. The second-order valence-electron chi connectivity index (χ2n) is 4.53. The van der Waals surface area contributed by atoms with Crippen LogP contribution in [0.5, 0.6) is 0 Å². The molecule has 2 N–H and O–H groups in total. The third kappa shape index (κ3) is 1.70. The van der Waals surface area contributed by atoms with Crippen LogP contribution in [-0.2, 0) is 0 Å². The smallest absolute Gasteiger partial charge is 0.270 e. The third-order valence-electron chi connectivity index (χ3n) is 3.26. The van der Waals surface area contributed by atoms with Gasteiger partial charge in [0.25, 0.3) is 5.91 Å². The monoisotopic (exact) mass is 230 g/mol. The fourth-order valence-electron chi connectivity index (χ4n) is 2.21. The Bertz CT molecular complexity index is 522. The van der Waals surface area contributed by atoms with Crippen LogP contribution in [0.2, 0.25) is 0 Å². The number of aliphatic hydroxyl groups excluding tert-OH is 1. The lowest BCUT2D eigenvalue weighted by Gasteiger charge is -2.37. The van der Waals surface area contributed by atoms with Gasteiger partial charge in [-0.1, -0.05) is 18.2 Å². The molecule has 4 nitrogen and oxygen atoms in total. The number of carbonyl (C=O) groups is 1. The number of amides is 1. The molecule has 0 saturated carbocycles. The normalized spacial score (nSPS) is 16.2. The van der Waals surface area contributed by atoms with E-state index in [1.165, 1.54) is 0 Å². The molecule has 1 amide bonds. The van der Waals surface area contributed by atoms with Gasteiger partial charge in [0.15, 0.2) is 0 Å². The molecular formula is C13H14N2O2. The highest BCUT2D eigenvalue weighted by molar-refractivity contribution is 5.98. The molecular weight excluding hydrogens is 216 g/mol. The molecule has 2 aromatic rings. The molecule has 0 atom stereocenters. The number of rotatable bonds is 2. The number of hydrogen-bond acceptors (Lipinski definition) is 2. The fraction of sp³-hybridized carbons (Fsp3) is 0.308. The van der Waals surface area contributed by atoms with E-state index in [1.807, 2.05) is 30.3 Å². The van der Waals surface area contributed by atoms with E-state index >= 15 is 0 Å². The molecule has 2 heterocycles. The molecule has 3 rings (SSSR count). The maximum absolute atomic E-state index is 12.1. The average molecular weight is 230 g/mol. The van der Waals surface area contributed by atoms with Gasteiger partial charge >= 0.3 is 0 Å². The number of nitrogens with zero attached hydrogens (tertiary/aromatic N) is 1. The summed E-state index contributed by atoms with van der Waals surface area (Å²) in [5, 5.41) is 9.98. The predicted molar refractivity (Wildman–Crippen MR) is 64.8 cm³/mol. The van der Waals surface area contributed by atoms with Gasteiger partial charge < -0.3 is 15.0 Å². The highest BCUT2D eigenvalue weighted by Gasteiger charge is 2.31. The van der Waals surface area contributed by atoms with E-state index in [-0.39, 0.29) is 18.4 Å². The van der Waals surface area contributed by atoms with E-state index in [9.17, 15) is 4.79 Å². The Morgan fingerprint density at radius 3 is 2.88 bits per heavy atom. The molecule has 1 aromatic carbocycles. The first kappa shape index (κ1) is 10.4. The number of H-pyrrole nitrogens is 1. The zero-order chi connectivity index (χ0) is 11.8. The first-order valence-electron chi connectivity index (χ1n) is 5.76. The fourth-order valence-corrected chi connectivity index (χ4v) is 2.21. The minimum atomic E-state index is 0.0194. The minimum absolute atomic E-state index is 0.0194. The molecule has 17 heavy (non-hydrogen) atoms. The average Bonchev–Trinajstić information content (AvgIpc) is 2.71. The first-order valence-corrected chi connectivity index (χ1v) is 5.76. The lowest BCUT2D eigenvalue weighted by atomic mass is 10.0. The molecule has 0 spiro atoms. The molecule has 4 heteroatoms. The highest BCUT2D eigenvalue weighted by atomic mass is 16.3. The number of likely N-dealkylation sites (tertiary alicyclic amines) is 1. The van der Waals surface area contributed by atoms with Gasteiger partial charge in [-0.3, -0.25) is 4.79 Å². The zero-order valence-corrected chi connectivity index (χ0v) is 9.39. The van der Waals surface area contributed by atoms with E-state index in [4.69, 9.17) is 5.11 Å². The SMILES string of the molecule is O=C(c1cc2ccccc2[nH]1)N1CC(CO)C1. The number of hydrogen-bond donors (Lipinski definition) is 2. The number of carbonyl (C=O) groups excluding carboxylic acids is 1. The van der Waals surface area contributed by atoms with Gasteiger partial charge in [0.1, 0.15) is 5.69 Å². The topological polar surface area (TPSA) is 56.3 Å². The van der Waals surface area contributed by atoms with Crippen molar-refractivity contribution >= 4 is 16.8 Å². The van der Waals surface area contributed by atoms with Crippen LogP contribution in [0.1, 0.15) is 10.5 Å². The summed E-state index contributed by atoms with van der Waals surface area (Å²) in [5.41, 5.74) is 1.61. The maximum Gasteiger partial charge on any atom is 0.270 e. The molecule has 1 fully saturated rings. The minimum Gasteiger partial charge on any atom is -0.396 e. The van der Waals surface area contributed by atoms with Gasteiger partial charge in [0.05, 0.1) is 0 Å². The van der Waals surface area contributed by atoms with Gasteiger partial charge in [0, 0.05) is 36.5 Å². The number of aliphatic hydroxyl groups is 1. The van der Waals surface area contributed by atoms with E-state index in [2.05, 4.69) is 4.98 Å². The Hall–Kier alpha value is -1.81. The Morgan fingerprint density at radius 1 is 1.41 bits per heavy atom. The second-order valence-corrected chi connectivity index (χ2v) is 4.53. The number of aromatic amines is 1. The summed E-state index contributed by atoms with van der Waals surface area (Å²) in [6.07, 6.45) is 0. The van der Waals surface area contributed by atoms with Gasteiger partial charge in [-0.15, -0.1) is 0 Å². The summed E-state index contributed by atoms with van der Waals surface area (Å²) in [6, 6.07) is 9.71. The van der Waals surface area contributed by atoms with Gasteiger partial charge in [-0.05, 0) is 12.1 Å². The third-order valence-corrected chi connectivity index (χ3v) is 3.26. The van der Waals surface area contributed by atoms with Crippen molar-refractivity contribution in [1.82, 2.24) is 9.88 Å². The van der Waals surface area contributed by atoms with E-state index < -0.39 is 0 Å². The van der Waals surface area contributed by atoms with Crippen LogP contribution in [0, 0.1) is 5.92 Å². The van der Waals surface area contributed by atoms with Crippen molar-refractivity contribution < 1.29 is 9.90 Å². The highest BCUT2D eigenvalue weighted by Crippen LogP contribution is 2.20. The molecule has 1 aromatic heterocycles. The Morgan fingerprint density at radius 2 is 2.18 bits per heavy atom. The van der Waals surface area contributed by atoms with Crippen LogP contribution in [0.15, 0.2) is 30.3 Å². The van der Waals surface area contributed by atoms with E-state index in [0.29, 0.717) is 18.8 Å². The largest absolute Gasteiger partial charge is 0.396 e. The molecule has 88 valence electrons. The van der Waals surface area contributed by atoms with Crippen molar-refractivity contribution in [3.63, 3.8) is 0 Å². The van der Waals surface area contributed by atoms with Crippen LogP contribution < -0.4 is 0 Å². The van der Waals surface area contributed by atoms with Crippen LogP contribution >= 0.6 is 0 Å². The molecule has 0 bridgehead atoms. The number of para-hydroxylation sites is 1. The zero-order valence-electron chi connectivity index (χ0n) is 9.39. The van der Waals surface area contributed by atoms with Crippen molar-refractivity contribution in [2.45, 2.75) is 0 Å². The summed E-state index contributed by atoms with van der Waals surface area (Å²) < 4.78 is 0. The predicted octanol–water partition coefficient (Wildman–Crippen LogP) is 1.23. The van der Waals surface area contributed by atoms with Crippen LogP contribution in [0.3, 0.4) is 0 Å². The Balaban J connectivity index is 1.82. The number of aromatic nitrogens is 1. The molecule has 0 unspecified atom stereocenters. The lowest BCUT2D eigenvalue weighted by molar-refractivity contribution is 0.0357. The summed E-state index contributed by atoms with van der Waals surface area (Å²) in [6.45, 7) is 1.48. The number of benzene rings is 1. The summed E-state index contributed by atoms with van der Waals surface area (Å²) >= 11 is 0. The molecule has 1 saturated heterocycles. The first-order chi connectivity index (χ1) is 8.28. The van der Waals surface area contributed by atoms with Crippen molar-refractivity contribution in [1.29, 1.82) is 0 Å². The van der Waals surface area contributed by atoms with Crippen molar-refractivity contribution in [2.24, 2.45) is 5.92 Å². The summed E-state index contributed by atoms with van der Waals surface area (Å²) in [5.74, 6) is 0.272. The number of fused-ring (bicyclic) bond motifs is 1. The van der Waals surface area contributed by atoms with Crippen LogP contribution in [0.4, 0.5) is 0 Å². The molecule has 0 aliphatic carbocycles. The number of nitrogens with one attached hydrogen (secondary N) is 1. The van der Waals surface area contributed by atoms with Crippen LogP contribution in [0.25, 0.3) is 10.9 Å². The van der Waals surface area contributed by atoms with Gasteiger partial charge in [-0.2, -0.15) is 0 Å². The van der Waals surface area contributed by atoms with Crippen molar-refractivity contribution in [2.75, 3.05) is 19.7 Å². The quantitative estimate of drug-likeness (QED) is 0.815. The summed E-state index contributed by atoms with van der Waals surface area (Å²) in [7, 11) is 0. The second kappa shape index (κ2) is 3.89. The maximum atomic E-state index is 12.1. The summed E-state index contributed by atoms with van der Waals surface area (Å²) in [4.78, 5) is 17.0. The van der Waals surface area contributed by atoms with Crippen molar-refractivity contribution in [3.8, 4) is 0 Å². The Labute approximate surface area is 98.9 Å². The molecule has 0 radical (unpaired) electrons.